The Kier molecular flexibility index (Phi) is 7.93. The van der Waals surface area contributed by atoms with E-state index in [-0.39, 0.29) is 12.4 Å². The van der Waals surface area contributed by atoms with Crippen molar-refractivity contribution in [3.63, 3.8) is 0 Å². The number of phenolic OH excluding ortho intramolecular Hbond substituents is 1. The molecule has 0 saturated heterocycles. The average molecular weight is 327 g/mol. The van der Waals surface area contributed by atoms with Gasteiger partial charge in [0.25, 0.3) is 0 Å². The highest BCUT2D eigenvalue weighted by atomic mass is 16.3. The number of benzene rings is 1. The Bertz CT molecular complexity index is 617. The Morgan fingerprint density at radius 1 is 1.04 bits per heavy atom. The van der Waals surface area contributed by atoms with Crippen molar-refractivity contribution in [1.29, 1.82) is 0 Å². The molecule has 1 aromatic heterocycles. The van der Waals surface area contributed by atoms with E-state index in [1.165, 1.54) is 0 Å². The Hall–Kier alpha value is -2.24. The SMILES string of the molecule is OCCN(CCCCN=Cc1ccccc1O)Cc1ccccn1. The van der Waals surface area contributed by atoms with Gasteiger partial charge in [0.1, 0.15) is 5.75 Å². The van der Waals surface area contributed by atoms with Crippen LogP contribution in [0.15, 0.2) is 53.7 Å². The standard InChI is InChI=1S/C19H25N3O2/c23-14-13-22(16-18-8-3-4-11-21-18)12-6-5-10-20-15-17-7-1-2-9-19(17)24/h1-4,7-9,11,15,23-24H,5-6,10,12-14,16H2. The van der Waals surface area contributed by atoms with Gasteiger partial charge in [-0.05, 0) is 43.7 Å². The first-order valence-corrected chi connectivity index (χ1v) is 8.30. The lowest BCUT2D eigenvalue weighted by Crippen LogP contribution is -2.28. The fraction of sp³-hybridized carbons (Fsp3) is 0.368. The number of aliphatic imine (C=N–C) groups is 1. The maximum atomic E-state index is 9.66. The molecule has 2 N–H and O–H groups in total. The minimum atomic E-state index is 0.151. The number of phenols is 1. The van der Waals surface area contributed by atoms with E-state index in [1.807, 2.05) is 30.3 Å². The van der Waals surface area contributed by atoms with Crippen LogP contribution in [-0.2, 0) is 6.54 Å². The number of hydrogen-bond acceptors (Lipinski definition) is 5. The van der Waals surface area contributed by atoms with Crippen LogP contribution in [0.5, 0.6) is 5.75 Å². The van der Waals surface area contributed by atoms with Crippen molar-refractivity contribution in [3.05, 3.63) is 59.9 Å². The molecule has 0 aliphatic carbocycles. The van der Waals surface area contributed by atoms with Gasteiger partial charge in [0.2, 0.25) is 0 Å². The van der Waals surface area contributed by atoms with Crippen LogP contribution in [0.25, 0.3) is 0 Å². The molecule has 0 unspecified atom stereocenters. The molecule has 1 heterocycles. The van der Waals surface area contributed by atoms with Crippen molar-refractivity contribution in [3.8, 4) is 5.75 Å². The fourth-order valence-corrected chi connectivity index (χ4v) is 2.43. The van der Waals surface area contributed by atoms with Gasteiger partial charge in [0.15, 0.2) is 0 Å². The first-order chi connectivity index (χ1) is 11.8. The number of hydrogen-bond donors (Lipinski definition) is 2. The Morgan fingerprint density at radius 2 is 1.88 bits per heavy atom. The zero-order valence-electron chi connectivity index (χ0n) is 13.9. The Morgan fingerprint density at radius 3 is 2.62 bits per heavy atom. The number of aliphatic hydroxyl groups is 1. The topological polar surface area (TPSA) is 69.0 Å². The van der Waals surface area contributed by atoms with Gasteiger partial charge in [0, 0.05) is 37.6 Å². The maximum absolute atomic E-state index is 9.66. The van der Waals surface area contributed by atoms with E-state index in [4.69, 9.17) is 0 Å². The minimum absolute atomic E-state index is 0.151. The van der Waals surface area contributed by atoms with Gasteiger partial charge in [-0.3, -0.25) is 14.9 Å². The van der Waals surface area contributed by atoms with Crippen LogP contribution in [0, 0.1) is 0 Å². The van der Waals surface area contributed by atoms with Crippen LogP contribution in [-0.4, -0.2) is 52.6 Å². The zero-order chi connectivity index (χ0) is 17.0. The minimum Gasteiger partial charge on any atom is -0.507 e. The lowest BCUT2D eigenvalue weighted by molar-refractivity contribution is 0.186. The molecule has 1 aromatic carbocycles. The molecule has 24 heavy (non-hydrogen) atoms. The molecule has 0 saturated carbocycles. The molecule has 0 amide bonds. The second-order valence-electron chi connectivity index (χ2n) is 5.62. The van der Waals surface area contributed by atoms with E-state index in [2.05, 4.69) is 14.9 Å². The number of nitrogens with zero attached hydrogens (tertiary/aromatic N) is 3. The second-order valence-corrected chi connectivity index (χ2v) is 5.62. The maximum Gasteiger partial charge on any atom is 0.124 e. The number of rotatable bonds is 10. The summed E-state index contributed by atoms with van der Waals surface area (Å²) in [5.41, 5.74) is 1.76. The summed E-state index contributed by atoms with van der Waals surface area (Å²) in [7, 11) is 0. The summed E-state index contributed by atoms with van der Waals surface area (Å²) in [4.78, 5) is 10.9. The predicted octanol–water partition coefficient (Wildman–Crippen LogP) is 2.48. The van der Waals surface area contributed by atoms with E-state index in [9.17, 15) is 10.2 Å². The molecule has 0 aliphatic rings. The molecule has 0 bridgehead atoms. The van der Waals surface area contributed by atoms with Crippen molar-refractivity contribution in [2.45, 2.75) is 19.4 Å². The van der Waals surface area contributed by atoms with Crippen molar-refractivity contribution < 1.29 is 10.2 Å². The third-order valence-corrected chi connectivity index (χ3v) is 3.71. The largest absolute Gasteiger partial charge is 0.507 e. The van der Waals surface area contributed by atoms with E-state index >= 15 is 0 Å². The predicted molar refractivity (Wildman–Crippen MR) is 96.4 cm³/mol. The van der Waals surface area contributed by atoms with Crippen LogP contribution in [0.2, 0.25) is 0 Å². The van der Waals surface area contributed by atoms with Crippen molar-refractivity contribution in [2.24, 2.45) is 4.99 Å². The van der Waals surface area contributed by atoms with Crippen LogP contribution in [0.4, 0.5) is 0 Å². The smallest absolute Gasteiger partial charge is 0.124 e. The van der Waals surface area contributed by atoms with Gasteiger partial charge in [-0.15, -0.1) is 0 Å². The molecule has 5 heteroatoms. The number of pyridine rings is 1. The summed E-state index contributed by atoms with van der Waals surface area (Å²) in [5, 5.41) is 18.9. The van der Waals surface area contributed by atoms with Crippen molar-refractivity contribution >= 4 is 6.21 Å². The third kappa shape index (κ3) is 6.48. The number of aromatic hydroxyl groups is 1. The molecule has 0 spiro atoms. The molecular weight excluding hydrogens is 302 g/mol. The van der Waals surface area contributed by atoms with Gasteiger partial charge >= 0.3 is 0 Å². The Labute approximate surface area is 143 Å². The van der Waals surface area contributed by atoms with Gasteiger partial charge < -0.3 is 10.2 Å². The van der Waals surface area contributed by atoms with E-state index in [1.54, 1.807) is 24.5 Å². The normalized spacial score (nSPS) is 11.4. The number of para-hydroxylation sites is 1. The highest BCUT2D eigenvalue weighted by Gasteiger charge is 2.05. The molecule has 0 atom stereocenters. The monoisotopic (exact) mass is 327 g/mol. The van der Waals surface area contributed by atoms with E-state index in [0.717, 1.165) is 43.7 Å². The highest BCUT2D eigenvalue weighted by Crippen LogP contribution is 2.12. The zero-order valence-corrected chi connectivity index (χ0v) is 13.9. The van der Waals surface area contributed by atoms with Gasteiger partial charge in [0.05, 0.1) is 12.3 Å². The van der Waals surface area contributed by atoms with Gasteiger partial charge in [-0.1, -0.05) is 18.2 Å². The molecule has 2 rings (SSSR count). The molecule has 0 aliphatic heterocycles. The third-order valence-electron chi connectivity index (χ3n) is 3.71. The molecule has 0 fully saturated rings. The lowest BCUT2D eigenvalue weighted by atomic mass is 10.2. The summed E-state index contributed by atoms with van der Waals surface area (Å²) in [5.74, 6) is 0.255. The van der Waals surface area contributed by atoms with Crippen LogP contribution in [0.1, 0.15) is 24.1 Å². The number of aliphatic hydroxyl groups excluding tert-OH is 1. The molecular formula is C19H25N3O2. The summed E-state index contributed by atoms with van der Waals surface area (Å²) in [6.45, 7) is 3.19. The van der Waals surface area contributed by atoms with Gasteiger partial charge in [-0.2, -0.15) is 0 Å². The number of aromatic nitrogens is 1. The Balaban J connectivity index is 1.70. The van der Waals surface area contributed by atoms with Gasteiger partial charge in [-0.25, -0.2) is 0 Å². The summed E-state index contributed by atoms with van der Waals surface area (Å²) in [6.07, 6.45) is 5.48. The van der Waals surface area contributed by atoms with Crippen LogP contribution in [0.3, 0.4) is 0 Å². The van der Waals surface area contributed by atoms with E-state index < -0.39 is 0 Å². The van der Waals surface area contributed by atoms with Crippen LogP contribution < -0.4 is 0 Å². The molecule has 128 valence electrons. The quantitative estimate of drug-likeness (QED) is 0.520. The molecule has 2 aromatic rings. The van der Waals surface area contributed by atoms with Crippen molar-refractivity contribution in [2.75, 3.05) is 26.2 Å². The second kappa shape index (κ2) is 10.5. The lowest BCUT2D eigenvalue weighted by Gasteiger charge is -2.20. The molecule has 0 radical (unpaired) electrons. The van der Waals surface area contributed by atoms with Crippen molar-refractivity contribution in [1.82, 2.24) is 9.88 Å². The summed E-state index contributed by atoms with van der Waals surface area (Å²) >= 11 is 0. The highest BCUT2D eigenvalue weighted by molar-refractivity contribution is 5.83. The fourth-order valence-electron chi connectivity index (χ4n) is 2.43. The first kappa shape index (κ1) is 18.1. The summed E-state index contributed by atoms with van der Waals surface area (Å²) in [6, 6.07) is 13.1. The molecule has 5 nitrogen and oxygen atoms in total. The summed E-state index contributed by atoms with van der Waals surface area (Å²) < 4.78 is 0. The first-order valence-electron chi connectivity index (χ1n) is 8.30. The number of unbranched alkanes of at least 4 members (excludes halogenated alkanes) is 1. The van der Waals surface area contributed by atoms with Crippen LogP contribution >= 0.6 is 0 Å². The average Bonchev–Trinajstić information content (AvgIpc) is 2.60. The van der Waals surface area contributed by atoms with E-state index in [0.29, 0.717) is 6.54 Å².